The number of esters is 1. The SMILES string of the molecule is C=CCN1O[C@]2(C)C(=O)[C@H](C)C[C@](C)(OC/C=C/c3cnc4ccccc4c3)[C@H](O[C@@H]3O[C@H](C)C[C@H](N(C)C)[C@H]3O)[C@H](C)C(O[C@H]3C[C@@](C)(OC)[C@@H](O)[C@H](C)O3)[C@@H](C)C(=O)C[C@@H](CC)[C@]3(C)OC(=O)[C@H]1[C@@H]32. The number of carbonyl (C=O) groups excluding carboxylic acids is 3. The van der Waals surface area contributed by atoms with Crippen LogP contribution in [-0.2, 0) is 52.4 Å². The number of hydrogen-bond acceptors (Lipinski definition) is 16. The molecular formula is C55H81N3O13. The van der Waals surface area contributed by atoms with Gasteiger partial charge in [0.05, 0.1) is 53.7 Å². The number of pyridine rings is 1. The summed E-state index contributed by atoms with van der Waals surface area (Å²) >= 11 is 0. The second kappa shape index (κ2) is 21.7. The number of para-hydroxylation sites is 1. The number of ether oxygens (including phenoxy) is 7. The van der Waals surface area contributed by atoms with Gasteiger partial charge < -0.3 is 48.3 Å². The molecule has 1 aromatic carbocycles. The van der Waals surface area contributed by atoms with Crippen molar-refractivity contribution in [2.75, 3.05) is 34.4 Å². The number of carbonyl (C=O) groups is 3. The number of ketones is 2. The van der Waals surface area contributed by atoms with Crippen molar-refractivity contribution in [3.63, 3.8) is 0 Å². The largest absolute Gasteiger partial charge is 0.457 e. The summed E-state index contributed by atoms with van der Waals surface area (Å²) in [4.78, 5) is 58.4. The lowest BCUT2D eigenvalue weighted by Gasteiger charge is -2.50. The number of aliphatic hydroxyl groups excluding tert-OH is 2. The van der Waals surface area contributed by atoms with Gasteiger partial charge in [0.1, 0.15) is 29.6 Å². The van der Waals surface area contributed by atoms with Crippen molar-refractivity contribution < 1.29 is 62.6 Å². The summed E-state index contributed by atoms with van der Waals surface area (Å²) in [6.07, 6.45) is 1.26. The predicted molar refractivity (Wildman–Crippen MR) is 266 cm³/mol. The van der Waals surface area contributed by atoms with Gasteiger partial charge in [0.2, 0.25) is 0 Å². The van der Waals surface area contributed by atoms with Crippen LogP contribution in [0, 0.1) is 29.6 Å². The zero-order valence-electron chi connectivity index (χ0n) is 44.2. The molecule has 1 aromatic heterocycles. The summed E-state index contributed by atoms with van der Waals surface area (Å²) in [6.45, 7) is 22.6. The quantitative estimate of drug-likeness (QED) is 0.164. The van der Waals surface area contributed by atoms with Gasteiger partial charge in [-0.15, -0.1) is 6.58 Å². The Balaban J connectivity index is 1.38. The van der Waals surface area contributed by atoms with Gasteiger partial charge in [0.15, 0.2) is 24.0 Å². The van der Waals surface area contributed by atoms with E-state index in [0.717, 1.165) is 16.5 Å². The average Bonchev–Trinajstić information content (AvgIpc) is 3.80. The van der Waals surface area contributed by atoms with E-state index in [2.05, 4.69) is 11.6 Å². The van der Waals surface area contributed by atoms with Gasteiger partial charge in [0, 0.05) is 67.8 Å². The maximum atomic E-state index is 15.6. The van der Waals surface area contributed by atoms with Crippen molar-refractivity contribution in [1.82, 2.24) is 14.9 Å². The molecule has 0 spiro atoms. The fourth-order valence-corrected chi connectivity index (χ4v) is 12.8. The van der Waals surface area contributed by atoms with E-state index in [1.54, 1.807) is 33.0 Å². The zero-order valence-corrected chi connectivity index (χ0v) is 44.2. The van der Waals surface area contributed by atoms with E-state index in [-0.39, 0.29) is 56.1 Å². The molecule has 2 N–H and O–H groups in total. The van der Waals surface area contributed by atoms with Gasteiger partial charge >= 0.3 is 5.97 Å². The molecular weight excluding hydrogens is 911 g/mol. The molecule has 5 heterocycles. The summed E-state index contributed by atoms with van der Waals surface area (Å²) in [7, 11) is 5.35. The zero-order chi connectivity index (χ0) is 52.0. The van der Waals surface area contributed by atoms with E-state index >= 15 is 9.59 Å². The fraction of sp³-hybridized carbons (Fsp3) is 0.709. The van der Waals surface area contributed by atoms with E-state index in [1.165, 1.54) is 12.2 Å². The first-order valence-electron chi connectivity index (χ1n) is 25.7. The van der Waals surface area contributed by atoms with Crippen molar-refractivity contribution in [3.05, 3.63) is 60.8 Å². The highest BCUT2D eigenvalue weighted by molar-refractivity contribution is 5.93. The number of Topliss-reactive ketones (excluding diaryl/α,β-unsaturated/α-hetero) is 2. The van der Waals surface area contributed by atoms with Gasteiger partial charge in [-0.3, -0.25) is 24.2 Å². The number of hydroxylamine groups is 2. The first-order valence-corrected chi connectivity index (χ1v) is 25.7. The van der Waals surface area contributed by atoms with Gasteiger partial charge in [-0.05, 0) is 92.6 Å². The van der Waals surface area contributed by atoms with Gasteiger partial charge in [-0.1, -0.05) is 64.1 Å². The van der Waals surface area contributed by atoms with E-state index < -0.39 is 107 Å². The summed E-state index contributed by atoms with van der Waals surface area (Å²) in [5, 5.41) is 25.8. The molecule has 5 aliphatic rings. The minimum Gasteiger partial charge on any atom is -0.457 e. The van der Waals surface area contributed by atoms with Crippen molar-refractivity contribution >= 4 is 34.5 Å². The molecule has 0 bridgehead atoms. The number of benzene rings is 1. The van der Waals surface area contributed by atoms with Crippen molar-refractivity contribution in [2.45, 2.75) is 185 Å². The summed E-state index contributed by atoms with van der Waals surface area (Å²) in [5.74, 6) is -4.66. The Morgan fingerprint density at radius 1 is 0.986 bits per heavy atom. The molecule has 4 saturated heterocycles. The number of hydrogen-bond donors (Lipinski definition) is 2. The maximum Gasteiger partial charge on any atom is 0.326 e. The lowest BCUT2D eigenvalue weighted by Crippen LogP contribution is -2.62. The molecule has 19 atom stereocenters. The lowest BCUT2D eigenvalue weighted by atomic mass is 9.63. The van der Waals surface area contributed by atoms with Crippen LogP contribution in [0.4, 0.5) is 0 Å². The Hall–Kier alpha value is -3.52. The van der Waals surface area contributed by atoms with Gasteiger partial charge in [-0.25, -0.2) is 0 Å². The molecule has 1 saturated carbocycles. The monoisotopic (exact) mass is 992 g/mol. The van der Waals surface area contributed by atoms with Crippen LogP contribution in [0.2, 0.25) is 0 Å². The summed E-state index contributed by atoms with van der Waals surface area (Å²) < 4.78 is 46.6. The van der Waals surface area contributed by atoms with Crippen LogP contribution in [-0.4, -0.2) is 161 Å². The topological polar surface area (TPSA) is 185 Å². The molecule has 0 amide bonds. The first kappa shape index (κ1) is 55.2. The van der Waals surface area contributed by atoms with E-state index in [9.17, 15) is 15.0 Å². The molecule has 394 valence electrons. The van der Waals surface area contributed by atoms with Crippen LogP contribution < -0.4 is 0 Å². The number of rotatable bonds is 13. The van der Waals surface area contributed by atoms with E-state index in [4.69, 9.17) is 38.0 Å². The Morgan fingerprint density at radius 2 is 1.70 bits per heavy atom. The predicted octanol–water partition coefficient (Wildman–Crippen LogP) is 6.48. The third kappa shape index (κ3) is 10.7. The molecule has 4 aliphatic heterocycles. The minimum absolute atomic E-state index is 0.0187. The molecule has 7 rings (SSSR count). The third-order valence-electron chi connectivity index (χ3n) is 16.8. The number of methoxy groups -OCH3 is 1. The minimum atomic E-state index is -1.58. The first-order chi connectivity index (χ1) is 33.4. The normalized spacial score (nSPS) is 42.9. The second-order valence-electron chi connectivity index (χ2n) is 22.2. The molecule has 71 heavy (non-hydrogen) atoms. The van der Waals surface area contributed by atoms with Gasteiger partial charge in [0.25, 0.3) is 0 Å². The fourth-order valence-electron chi connectivity index (χ4n) is 12.8. The van der Waals surface area contributed by atoms with Crippen LogP contribution in [0.5, 0.6) is 0 Å². The highest BCUT2D eigenvalue weighted by atomic mass is 16.7. The number of aromatic nitrogens is 1. The van der Waals surface area contributed by atoms with Crippen LogP contribution in [0.3, 0.4) is 0 Å². The number of fused-ring (bicyclic) bond motifs is 1. The summed E-state index contributed by atoms with van der Waals surface area (Å²) in [6, 6.07) is 8.65. The molecule has 1 aliphatic carbocycles. The number of aliphatic hydroxyl groups is 2. The molecule has 0 radical (unpaired) electrons. The number of likely N-dealkylation sites (N-methyl/N-ethyl adjacent to an activating group) is 1. The highest BCUT2D eigenvalue weighted by Crippen LogP contribution is 2.55. The van der Waals surface area contributed by atoms with Crippen molar-refractivity contribution in [1.29, 1.82) is 0 Å². The molecule has 1 unspecified atom stereocenters. The smallest absolute Gasteiger partial charge is 0.326 e. The van der Waals surface area contributed by atoms with Crippen LogP contribution >= 0.6 is 0 Å². The molecule has 2 aromatic rings. The van der Waals surface area contributed by atoms with E-state index in [1.807, 2.05) is 110 Å². The van der Waals surface area contributed by atoms with Gasteiger partial charge in [-0.2, -0.15) is 5.06 Å². The Morgan fingerprint density at radius 3 is 2.38 bits per heavy atom. The highest BCUT2D eigenvalue weighted by Gasteiger charge is 2.72. The van der Waals surface area contributed by atoms with Crippen LogP contribution in [0.1, 0.15) is 107 Å². The second-order valence-corrected chi connectivity index (χ2v) is 22.2. The Labute approximate surface area is 420 Å². The van der Waals surface area contributed by atoms with Crippen LogP contribution in [0.25, 0.3) is 17.0 Å². The average molecular weight is 992 g/mol. The Kier molecular flexibility index (Phi) is 16.9. The molecule has 16 heteroatoms. The number of nitrogens with zero attached hydrogens (tertiary/aromatic N) is 3. The third-order valence-corrected chi connectivity index (χ3v) is 16.8. The van der Waals surface area contributed by atoms with E-state index in [0.29, 0.717) is 12.8 Å². The van der Waals surface area contributed by atoms with Crippen molar-refractivity contribution in [2.24, 2.45) is 29.6 Å². The Bertz CT molecular complexity index is 2260. The molecule has 16 nitrogen and oxygen atoms in total. The summed E-state index contributed by atoms with van der Waals surface area (Å²) in [5.41, 5.74) is -3.58. The standard InChI is InChI=1S/C55H81N3O13/c1-15-23-58-43-46-54(10,70-50(43)63)38(16-2)27-41(59)33(5)45(68-42-29-52(8,64-14)48(62)35(7)67-42)34(6)49(69-51-44(60)40(57(12)13)25-32(4)66-51)53(9,28-31(3)47(61)55(46,11)71-58)65-24-19-20-36-26-37-21-17-18-22-39(37)56-30-36/h15,17-22,26,30-35,38,40,42-46,48-49,51,60,62H,1,16,23-25,27-29H2,2-14H3/b20-19+/t31-,32-,33+,34-,35+,38-,40+,42+,43-,44-,45?,46+,48+,49-,51+,52-,53+,54+,55+/m1/s1. The lowest BCUT2D eigenvalue weighted by molar-refractivity contribution is -0.319. The molecule has 5 fully saturated rings. The van der Waals surface area contributed by atoms with Crippen molar-refractivity contribution in [3.8, 4) is 0 Å². The van der Waals surface area contributed by atoms with Crippen LogP contribution in [0.15, 0.2) is 55.3 Å². The maximum absolute atomic E-state index is 15.6.